The molecule has 0 spiro atoms. The van der Waals surface area contributed by atoms with E-state index in [1.54, 1.807) is 4.98 Å². The summed E-state index contributed by atoms with van der Waals surface area (Å²) in [6.07, 6.45) is -4.36. The highest BCUT2D eigenvalue weighted by atomic mass is 19.1. The molecule has 0 aromatic carbocycles. The summed E-state index contributed by atoms with van der Waals surface area (Å²) in [6, 6.07) is 0. The Balaban J connectivity index is 2.53. The van der Waals surface area contributed by atoms with Gasteiger partial charge >= 0.3 is 11.4 Å². The van der Waals surface area contributed by atoms with E-state index < -0.39 is 48.8 Å². The van der Waals surface area contributed by atoms with Crippen LogP contribution >= 0.6 is 0 Å². The number of aliphatic hydroxyl groups excluding tert-OH is 2. The van der Waals surface area contributed by atoms with Crippen LogP contribution in [0.4, 0.5) is 8.78 Å². The van der Waals surface area contributed by atoms with Crippen molar-refractivity contribution in [3.05, 3.63) is 27.3 Å². The van der Waals surface area contributed by atoms with E-state index in [4.69, 9.17) is 9.84 Å². The van der Waals surface area contributed by atoms with Gasteiger partial charge in [-0.2, -0.15) is 4.98 Å². The van der Waals surface area contributed by atoms with Gasteiger partial charge in [-0.05, 0) is 0 Å². The lowest BCUT2D eigenvalue weighted by Crippen LogP contribution is -2.45. The van der Waals surface area contributed by atoms with E-state index in [1.807, 2.05) is 11.8 Å². The molecule has 1 saturated heterocycles. The zero-order chi connectivity index (χ0) is 15.6. The van der Waals surface area contributed by atoms with Crippen LogP contribution in [-0.2, 0) is 4.74 Å². The molecule has 1 aromatic heterocycles. The minimum Gasteiger partial charge on any atom is -0.394 e. The molecule has 114 valence electrons. The second-order valence-electron chi connectivity index (χ2n) is 4.24. The summed E-state index contributed by atoms with van der Waals surface area (Å²) >= 11 is 0. The zero-order valence-corrected chi connectivity index (χ0v) is 10.5. The number of nitrogens with zero attached hydrogens (tertiary/aromatic N) is 2. The Morgan fingerprint density at radius 3 is 2.86 bits per heavy atom. The van der Waals surface area contributed by atoms with Crippen molar-refractivity contribution in [2.45, 2.75) is 24.1 Å². The standard InChI is InChI=1S/C11H11F2N3O5/c12-3-1-2-11(13)7(18)6(4-17)21-8(11)16-5-14-9(19)15-10(16)20/h5-8,17-18H,3-4H2,(H,15,19,20)/t6-,7+,8-,11?/m1/s1. The lowest BCUT2D eigenvalue weighted by molar-refractivity contribution is -0.0549. The second kappa shape index (κ2) is 5.72. The van der Waals surface area contributed by atoms with Crippen molar-refractivity contribution in [3.63, 3.8) is 0 Å². The minimum atomic E-state index is -2.84. The highest BCUT2D eigenvalue weighted by molar-refractivity contribution is 5.23. The van der Waals surface area contributed by atoms with E-state index in [0.29, 0.717) is 10.9 Å². The first-order valence-corrected chi connectivity index (χ1v) is 5.80. The van der Waals surface area contributed by atoms with Crippen molar-refractivity contribution >= 4 is 0 Å². The Hall–Kier alpha value is -2.09. The average Bonchev–Trinajstić information content (AvgIpc) is 2.70. The first-order valence-electron chi connectivity index (χ1n) is 5.80. The van der Waals surface area contributed by atoms with Crippen LogP contribution in [0.2, 0.25) is 0 Å². The lowest BCUT2D eigenvalue weighted by Gasteiger charge is -2.23. The maximum atomic E-state index is 14.9. The zero-order valence-electron chi connectivity index (χ0n) is 10.5. The van der Waals surface area contributed by atoms with Gasteiger partial charge in [-0.1, -0.05) is 11.8 Å². The maximum Gasteiger partial charge on any atom is 0.350 e. The van der Waals surface area contributed by atoms with Gasteiger partial charge in [0.15, 0.2) is 6.23 Å². The van der Waals surface area contributed by atoms with Gasteiger partial charge < -0.3 is 14.9 Å². The lowest BCUT2D eigenvalue weighted by atomic mass is 9.96. The number of hydrogen-bond acceptors (Lipinski definition) is 6. The normalized spacial score (nSPS) is 31.7. The van der Waals surface area contributed by atoms with E-state index in [1.165, 1.54) is 0 Å². The fraction of sp³-hybridized carbons (Fsp3) is 0.545. The molecule has 0 aliphatic carbocycles. The Bertz CT molecular complexity index is 693. The number of ether oxygens (including phenoxy) is 1. The molecule has 2 heterocycles. The summed E-state index contributed by atoms with van der Waals surface area (Å²) in [4.78, 5) is 27.6. The molecule has 1 unspecified atom stereocenters. The number of halogens is 2. The molecule has 10 heteroatoms. The number of rotatable bonds is 2. The summed E-state index contributed by atoms with van der Waals surface area (Å²) in [5.41, 5.74) is -4.84. The quantitative estimate of drug-likeness (QED) is 0.537. The van der Waals surface area contributed by atoms with Gasteiger partial charge in [0.2, 0.25) is 5.67 Å². The monoisotopic (exact) mass is 303 g/mol. The number of hydrogen-bond donors (Lipinski definition) is 3. The van der Waals surface area contributed by atoms with Gasteiger partial charge in [0.1, 0.15) is 25.2 Å². The predicted octanol–water partition coefficient (Wildman–Crippen LogP) is -2.14. The molecule has 4 atom stereocenters. The molecule has 21 heavy (non-hydrogen) atoms. The third-order valence-electron chi connectivity index (χ3n) is 2.97. The third-order valence-corrected chi connectivity index (χ3v) is 2.97. The summed E-state index contributed by atoms with van der Waals surface area (Å²) in [6.45, 7) is -1.92. The number of alkyl halides is 2. The Morgan fingerprint density at radius 1 is 1.57 bits per heavy atom. The van der Waals surface area contributed by atoms with Crippen LogP contribution in [0.3, 0.4) is 0 Å². The van der Waals surface area contributed by atoms with Crippen LogP contribution in [0.5, 0.6) is 0 Å². The Morgan fingerprint density at radius 2 is 2.29 bits per heavy atom. The molecule has 1 aliphatic heterocycles. The highest BCUT2D eigenvalue weighted by Gasteiger charge is 2.57. The topological polar surface area (TPSA) is 117 Å². The summed E-state index contributed by atoms with van der Waals surface area (Å²) < 4.78 is 32.6. The second-order valence-corrected chi connectivity index (χ2v) is 4.24. The summed E-state index contributed by atoms with van der Waals surface area (Å²) in [7, 11) is 0. The largest absolute Gasteiger partial charge is 0.394 e. The van der Waals surface area contributed by atoms with Crippen LogP contribution in [0.1, 0.15) is 6.23 Å². The highest BCUT2D eigenvalue weighted by Crippen LogP contribution is 2.40. The third kappa shape index (κ3) is 2.58. The van der Waals surface area contributed by atoms with Crippen molar-refractivity contribution in [1.29, 1.82) is 0 Å². The SMILES string of the molecule is O=c1ncn([C@@H]2O[C@H](CO)[C@H](O)C2(F)C#CCF)c(=O)[nH]1. The van der Waals surface area contributed by atoms with Crippen LogP contribution < -0.4 is 11.4 Å². The molecular weight excluding hydrogens is 292 g/mol. The summed E-state index contributed by atoms with van der Waals surface area (Å²) in [5.74, 6) is 3.67. The maximum absolute atomic E-state index is 14.9. The Labute approximate surface area is 116 Å². The van der Waals surface area contributed by atoms with Gasteiger partial charge in [0.25, 0.3) is 0 Å². The van der Waals surface area contributed by atoms with Gasteiger partial charge in [0, 0.05) is 0 Å². The van der Waals surface area contributed by atoms with E-state index >= 15 is 0 Å². The van der Waals surface area contributed by atoms with E-state index in [-0.39, 0.29) is 0 Å². The van der Waals surface area contributed by atoms with E-state index in [0.717, 1.165) is 0 Å². The molecule has 1 aromatic rings. The smallest absolute Gasteiger partial charge is 0.350 e. The molecule has 2 rings (SSSR count). The molecule has 8 nitrogen and oxygen atoms in total. The first-order chi connectivity index (χ1) is 9.93. The number of aromatic amines is 1. The molecule has 1 aliphatic rings. The number of aromatic nitrogens is 3. The molecule has 1 fully saturated rings. The van der Waals surface area contributed by atoms with Crippen molar-refractivity contribution in [2.75, 3.05) is 13.3 Å². The molecule has 0 bridgehead atoms. The fourth-order valence-corrected chi connectivity index (χ4v) is 1.99. The number of H-pyrrole nitrogens is 1. The number of aliphatic hydroxyl groups is 2. The van der Waals surface area contributed by atoms with Crippen molar-refractivity contribution in [2.24, 2.45) is 0 Å². The predicted molar refractivity (Wildman–Crippen MR) is 63.7 cm³/mol. The van der Waals surface area contributed by atoms with Gasteiger partial charge in [-0.25, -0.2) is 18.4 Å². The van der Waals surface area contributed by atoms with Crippen LogP contribution in [-0.4, -0.2) is 55.9 Å². The van der Waals surface area contributed by atoms with Crippen molar-refractivity contribution < 1.29 is 23.7 Å². The van der Waals surface area contributed by atoms with Gasteiger partial charge in [-0.15, -0.1) is 0 Å². The van der Waals surface area contributed by atoms with E-state index in [9.17, 15) is 23.5 Å². The van der Waals surface area contributed by atoms with Crippen molar-refractivity contribution in [3.8, 4) is 11.8 Å². The molecule has 0 radical (unpaired) electrons. The van der Waals surface area contributed by atoms with Crippen molar-refractivity contribution in [1.82, 2.24) is 14.5 Å². The summed E-state index contributed by atoms with van der Waals surface area (Å²) in [5, 5.41) is 18.9. The number of nitrogens with one attached hydrogen (secondary N) is 1. The van der Waals surface area contributed by atoms with Gasteiger partial charge in [0.05, 0.1) is 6.61 Å². The van der Waals surface area contributed by atoms with E-state index in [2.05, 4.69) is 4.98 Å². The van der Waals surface area contributed by atoms with Crippen LogP contribution in [0, 0.1) is 11.8 Å². The Kier molecular flexibility index (Phi) is 4.17. The fourth-order valence-electron chi connectivity index (χ4n) is 1.99. The molecule has 0 saturated carbocycles. The first kappa shape index (κ1) is 15.3. The van der Waals surface area contributed by atoms with Gasteiger partial charge in [-0.3, -0.25) is 9.55 Å². The van der Waals surface area contributed by atoms with Crippen LogP contribution in [0.25, 0.3) is 0 Å². The van der Waals surface area contributed by atoms with Crippen LogP contribution in [0.15, 0.2) is 15.9 Å². The molecular formula is C11H11F2N3O5. The molecule has 0 amide bonds. The molecule has 3 N–H and O–H groups in total. The minimum absolute atomic E-state index is 0.563. The average molecular weight is 303 g/mol.